The van der Waals surface area contributed by atoms with Gasteiger partial charge in [-0.3, -0.25) is 0 Å². The van der Waals surface area contributed by atoms with Crippen molar-refractivity contribution < 1.29 is 0 Å². The zero-order chi connectivity index (χ0) is 11.8. The first kappa shape index (κ1) is 10.7. The summed E-state index contributed by atoms with van der Waals surface area (Å²) in [5.41, 5.74) is 5.57. The minimum Gasteiger partial charge on any atom is -0.362 e. The topological polar surface area (TPSA) is 27.3 Å². The number of benzene rings is 1. The molecular formula is C14H19N3. The zero-order valence-electron chi connectivity index (χ0n) is 10.5. The minimum absolute atomic E-state index is 0.307. The van der Waals surface area contributed by atoms with E-state index >= 15 is 0 Å². The highest BCUT2D eigenvalue weighted by atomic mass is 15.3. The molecule has 0 saturated carbocycles. The number of nitrogens with one attached hydrogen (secondary N) is 2. The molecule has 0 fully saturated rings. The normalized spacial score (nSPS) is 23.6. The van der Waals surface area contributed by atoms with Gasteiger partial charge in [0.1, 0.15) is 6.17 Å². The molecule has 0 aliphatic carbocycles. The minimum atomic E-state index is 0.307. The van der Waals surface area contributed by atoms with Gasteiger partial charge in [-0.2, -0.15) is 0 Å². The van der Waals surface area contributed by atoms with E-state index in [0.29, 0.717) is 6.17 Å². The smallest absolute Gasteiger partial charge is 0.125 e. The summed E-state index contributed by atoms with van der Waals surface area (Å²) in [5, 5.41) is 7.06. The van der Waals surface area contributed by atoms with Gasteiger partial charge in [0.25, 0.3) is 0 Å². The molecule has 0 radical (unpaired) electrons. The summed E-state index contributed by atoms with van der Waals surface area (Å²) in [6.07, 6.45) is 1.43. The molecule has 1 aromatic rings. The Balaban J connectivity index is 1.91. The van der Waals surface area contributed by atoms with E-state index in [1.54, 1.807) is 0 Å². The van der Waals surface area contributed by atoms with Crippen LogP contribution in [0, 0.1) is 6.92 Å². The number of rotatable bonds is 1. The van der Waals surface area contributed by atoms with Crippen LogP contribution in [0.3, 0.4) is 0 Å². The molecular weight excluding hydrogens is 210 g/mol. The molecule has 90 valence electrons. The molecule has 0 spiro atoms. The highest BCUT2D eigenvalue weighted by molar-refractivity contribution is 5.34. The standard InChI is InChI=1S/C14H19N3/c1-10-5-3-4-6-11(10)14-16-12-9-15-8-7-13(12)17(14)2/h3-6,14-16H,7-9H2,1-2H3. The fourth-order valence-corrected chi connectivity index (χ4v) is 2.79. The molecule has 2 aliphatic heterocycles. The van der Waals surface area contributed by atoms with Crippen LogP contribution in [0.4, 0.5) is 0 Å². The second-order valence-electron chi connectivity index (χ2n) is 4.87. The first-order valence-corrected chi connectivity index (χ1v) is 6.25. The molecule has 3 nitrogen and oxygen atoms in total. The molecule has 2 N–H and O–H groups in total. The molecule has 0 saturated heterocycles. The number of hydrogen-bond donors (Lipinski definition) is 2. The van der Waals surface area contributed by atoms with Gasteiger partial charge in [0.2, 0.25) is 0 Å². The zero-order valence-corrected chi connectivity index (χ0v) is 10.5. The Morgan fingerprint density at radius 3 is 2.88 bits per heavy atom. The molecule has 1 aromatic carbocycles. The van der Waals surface area contributed by atoms with Crippen LogP contribution in [0.5, 0.6) is 0 Å². The molecule has 3 heteroatoms. The summed E-state index contributed by atoms with van der Waals surface area (Å²) >= 11 is 0. The largest absolute Gasteiger partial charge is 0.362 e. The lowest BCUT2D eigenvalue weighted by Gasteiger charge is -2.26. The third kappa shape index (κ3) is 1.71. The van der Waals surface area contributed by atoms with Crippen molar-refractivity contribution in [3.05, 3.63) is 46.8 Å². The van der Waals surface area contributed by atoms with E-state index in [0.717, 1.165) is 19.5 Å². The van der Waals surface area contributed by atoms with Gasteiger partial charge in [-0.15, -0.1) is 0 Å². The number of nitrogens with zero attached hydrogens (tertiary/aromatic N) is 1. The maximum absolute atomic E-state index is 3.64. The van der Waals surface area contributed by atoms with E-state index < -0.39 is 0 Å². The van der Waals surface area contributed by atoms with Crippen LogP contribution in [-0.2, 0) is 0 Å². The van der Waals surface area contributed by atoms with Crippen LogP contribution < -0.4 is 10.6 Å². The Kier molecular flexibility index (Phi) is 2.56. The van der Waals surface area contributed by atoms with Crippen LogP contribution >= 0.6 is 0 Å². The van der Waals surface area contributed by atoms with Crippen LogP contribution in [-0.4, -0.2) is 25.0 Å². The maximum atomic E-state index is 3.64. The number of aryl methyl sites for hydroxylation is 1. The van der Waals surface area contributed by atoms with Crippen molar-refractivity contribution in [2.24, 2.45) is 0 Å². The summed E-state index contributed by atoms with van der Waals surface area (Å²) in [7, 11) is 2.19. The molecule has 3 rings (SSSR count). The lowest BCUT2D eigenvalue weighted by Crippen LogP contribution is -2.28. The summed E-state index contributed by atoms with van der Waals surface area (Å²) in [6, 6.07) is 8.62. The van der Waals surface area contributed by atoms with Crippen LogP contribution in [0.1, 0.15) is 23.7 Å². The average molecular weight is 229 g/mol. The summed E-state index contributed by atoms with van der Waals surface area (Å²) in [5.74, 6) is 0. The monoisotopic (exact) mass is 229 g/mol. The number of hydrogen-bond acceptors (Lipinski definition) is 3. The Morgan fingerprint density at radius 1 is 1.29 bits per heavy atom. The SMILES string of the molecule is Cc1ccccc1C1NC2=C(CCNC2)N1C. The Bertz CT molecular complexity index is 464. The molecule has 1 atom stereocenters. The Morgan fingerprint density at radius 2 is 2.12 bits per heavy atom. The molecule has 0 aromatic heterocycles. The summed E-state index contributed by atoms with van der Waals surface area (Å²) < 4.78 is 0. The van der Waals surface area contributed by atoms with Crippen molar-refractivity contribution in [1.29, 1.82) is 0 Å². The fraction of sp³-hybridized carbons (Fsp3) is 0.429. The lowest BCUT2D eigenvalue weighted by atomic mass is 10.1. The molecule has 1 unspecified atom stereocenters. The molecule has 0 amide bonds. The van der Waals surface area contributed by atoms with Gasteiger partial charge in [0, 0.05) is 38.0 Å². The third-order valence-corrected chi connectivity index (χ3v) is 3.80. The maximum Gasteiger partial charge on any atom is 0.125 e. The van der Waals surface area contributed by atoms with Crippen LogP contribution in [0.15, 0.2) is 35.7 Å². The first-order valence-electron chi connectivity index (χ1n) is 6.25. The Labute approximate surface area is 103 Å². The lowest BCUT2D eigenvalue weighted by molar-refractivity contribution is 0.309. The van der Waals surface area contributed by atoms with E-state index in [1.807, 2.05) is 0 Å². The highest BCUT2D eigenvalue weighted by Crippen LogP contribution is 2.32. The highest BCUT2D eigenvalue weighted by Gasteiger charge is 2.31. The third-order valence-electron chi connectivity index (χ3n) is 3.80. The molecule has 2 aliphatic rings. The van der Waals surface area contributed by atoms with E-state index in [-0.39, 0.29) is 0 Å². The summed E-state index contributed by atoms with van der Waals surface area (Å²) in [6.45, 7) is 4.24. The van der Waals surface area contributed by atoms with E-state index in [1.165, 1.54) is 22.5 Å². The second kappa shape index (κ2) is 4.08. The molecule has 0 bridgehead atoms. The fourth-order valence-electron chi connectivity index (χ4n) is 2.79. The van der Waals surface area contributed by atoms with Gasteiger partial charge < -0.3 is 15.5 Å². The van der Waals surface area contributed by atoms with E-state index in [9.17, 15) is 0 Å². The second-order valence-corrected chi connectivity index (χ2v) is 4.87. The van der Waals surface area contributed by atoms with E-state index in [2.05, 4.69) is 53.8 Å². The summed E-state index contributed by atoms with van der Waals surface area (Å²) in [4.78, 5) is 2.39. The van der Waals surface area contributed by atoms with Crippen molar-refractivity contribution >= 4 is 0 Å². The van der Waals surface area contributed by atoms with Gasteiger partial charge in [-0.05, 0) is 18.1 Å². The van der Waals surface area contributed by atoms with E-state index in [4.69, 9.17) is 0 Å². The molecule has 17 heavy (non-hydrogen) atoms. The van der Waals surface area contributed by atoms with Gasteiger partial charge in [0.05, 0.1) is 0 Å². The first-order chi connectivity index (χ1) is 8.27. The van der Waals surface area contributed by atoms with Crippen molar-refractivity contribution in [2.75, 3.05) is 20.1 Å². The predicted octanol–water partition coefficient (Wildman–Crippen LogP) is 1.73. The predicted molar refractivity (Wildman–Crippen MR) is 69.3 cm³/mol. The van der Waals surface area contributed by atoms with Crippen LogP contribution in [0.25, 0.3) is 0 Å². The van der Waals surface area contributed by atoms with Crippen molar-refractivity contribution in [3.63, 3.8) is 0 Å². The van der Waals surface area contributed by atoms with Crippen molar-refractivity contribution in [1.82, 2.24) is 15.5 Å². The van der Waals surface area contributed by atoms with Gasteiger partial charge in [0.15, 0.2) is 0 Å². The van der Waals surface area contributed by atoms with Gasteiger partial charge in [-0.1, -0.05) is 24.3 Å². The van der Waals surface area contributed by atoms with Gasteiger partial charge in [-0.25, -0.2) is 0 Å². The van der Waals surface area contributed by atoms with Crippen molar-refractivity contribution in [3.8, 4) is 0 Å². The average Bonchev–Trinajstić information content (AvgIpc) is 2.68. The Hall–Kier alpha value is -1.48. The molecule has 2 heterocycles. The van der Waals surface area contributed by atoms with Crippen LogP contribution in [0.2, 0.25) is 0 Å². The van der Waals surface area contributed by atoms with Gasteiger partial charge >= 0.3 is 0 Å². The quantitative estimate of drug-likeness (QED) is 0.768. The van der Waals surface area contributed by atoms with Crippen molar-refractivity contribution in [2.45, 2.75) is 19.5 Å².